The third kappa shape index (κ3) is 2.94. The third-order valence-electron chi connectivity index (χ3n) is 4.15. The first-order chi connectivity index (χ1) is 13.0. The molecule has 136 valence electrons. The number of amides is 1. The number of anilines is 1. The van der Waals surface area contributed by atoms with Gasteiger partial charge in [0.25, 0.3) is 5.78 Å². The summed E-state index contributed by atoms with van der Waals surface area (Å²) in [5.41, 5.74) is 1.67. The second kappa shape index (κ2) is 6.67. The molecule has 9 heteroatoms. The van der Waals surface area contributed by atoms with Crippen LogP contribution in [0.5, 0.6) is 0 Å². The number of aliphatic hydroxyl groups excluding tert-OH is 1. The van der Waals surface area contributed by atoms with Crippen LogP contribution in [-0.2, 0) is 9.59 Å². The number of carbonyl (C=O) groups excluding carboxylic acids is 2. The molecular weight excluding hydrogens is 389 g/mol. The predicted octanol–water partition coefficient (Wildman–Crippen LogP) is 3.67. The van der Waals surface area contributed by atoms with Crippen LogP contribution in [0.25, 0.3) is 5.76 Å². The van der Waals surface area contributed by atoms with Gasteiger partial charge in [-0.15, -0.1) is 21.5 Å². The maximum Gasteiger partial charge on any atom is 0.301 e. The van der Waals surface area contributed by atoms with Gasteiger partial charge in [0.1, 0.15) is 23.1 Å². The highest BCUT2D eigenvalue weighted by molar-refractivity contribution is 7.14. The maximum atomic E-state index is 13.2. The van der Waals surface area contributed by atoms with E-state index in [9.17, 15) is 19.1 Å². The van der Waals surface area contributed by atoms with Crippen molar-refractivity contribution in [3.8, 4) is 0 Å². The normalized spacial score (nSPS) is 19.0. The molecule has 1 aromatic carbocycles. The SMILES string of the molecule is Cc1ccc(C2/C(=C(\O)c3ccc(F)cc3)C(=O)C(=O)N2c2nncs2)s1. The molecular formula is C18H12FN3O3S2. The molecule has 1 aliphatic heterocycles. The summed E-state index contributed by atoms with van der Waals surface area (Å²) < 4.78 is 13.2. The van der Waals surface area contributed by atoms with E-state index in [1.54, 1.807) is 0 Å². The lowest BCUT2D eigenvalue weighted by atomic mass is 10.00. The molecule has 1 fully saturated rings. The van der Waals surface area contributed by atoms with Crippen LogP contribution in [0.15, 0.2) is 47.5 Å². The van der Waals surface area contributed by atoms with Gasteiger partial charge in [-0.3, -0.25) is 14.5 Å². The van der Waals surface area contributed by atoms with Crippen LogP contribution in [0.1, 0.15) is 21.4 Å². The quantitative estimate of drug-likeness (QED) is 0.411. The molecule has 1 N–H and O–H groups in total. The van der Waals surface area contributed by atoms with Gasteiger partial charge in [-0.2, -0.15) is 0 Å². The van der Waals surface area contributed by atoms with Gasteiger partial charge in [0, 0.05) is 15.3 Å². The Hall–Kier alpha value is -2.91. The zero-order valence-corrected chi connectivity index (χ0v) is 15.6. The zero-order valence-electron chi connectivity index (χ0n) is 13.9. The fraction of sp³-hybridized carbons (Fsp3) is 0.111. The van der Waals surface area contributed by atoms with E-state index in [2.05, 4.69) is 10.2 Å². The number of ketones is 1. The number of halogens is 1. The average molecular weight is 401 g/mol. The standard InChI is InChI=1S/C18H12FN3O3S2/c1-9-2-7-12(27-9)14-13(15(23)10-3-5-11(19)6-4-10)16(24)17(25)22(14)18-21-20-8-26-18/h2-8,14,23H,1H3/b15-13+. The molecule has 3 heterocycles. The van der Waals surface area contributed by atoms with Crippen molar-refractivity contribution in [2.45, 2.75) is 13.0 Å². The van der Waals surface area contributed by atoms with Crippen molar-refractivity contribution in [3.63, 3.8) is 0 Å². The summed E-state index contributed by atoms with van der Waals surface area (Å²) in [6.45, 7) is 1.91. The lowest BCUT2D eigenvalue weighted by Gasteiger charge is -2.20. The summed E-state index contributed by atoms with van der Waals surface area (Å²) in [6.07, 6.45) is 0. The Morgan fingerprint density at radius 1 is 1.19 bits per heavy atom. The highest BCUT2D eigenvalue weighted by Gasteiger charge is 2.48. The number of thiophene rings is 1. The van der Waals surface area contributed by atoms with Gasteiger partial charge in [-0.1, -0.05) is 11.3 Å². The summed E-state index contributed by atoms with van der Waals surface area (Å²) in [7, 11) is 0. The molecule has 2 aromatic heterocycles. The molecule has 1 saturated heterocycles. The molecule has 4 rings (SSSR count). The molecule has 0 saturated carbocycles. The van der Waals surface area contributed by atoms with E-state index in [0.29, 0.717) is 4.88 Å². The number of hydrogen-bond donors (Lipinski definition) is 1. The maximum absolute atomic E-state index is 13.2. The minimum Gasteiger partial charge on any atom is -0.507 e. The number of aryl methyl sites for hydroxylation is 1. The van der Waals surface area contributed by atoms with Crippen molar-refractivity contribution < 1.29 is 19.1 Å². The van der Waals surface area contributed by atoms with Crippen LogP contribution >= 0.6 is 22.7 Å². The van der Waals surface area contributed by atoms with Gasteiger partial charge < -0.3 is 5.11 Å². The number of Topliss-reactive ketones (excluding diaryl/α,β-unsaturated/α-hetero) is 1. The van der Waals surface area contributed by atoms with Crippen LogP contribution in [0.3, 0.4) is 0 Å². The Balaban J connectivity index is 1.93. The van der Waals surface area contributed by atoms with E-state index in [0.717, 1.165) is 16.2 Å². The molecule has 1 unspecified atom stereocenters. The Morgan fingerprint density at radius 3 is 2.52 bits per heavy atom. The van der Waals surface area contributed by atoms with E-state index in [-0.39, 0.29) is 22.0 Å². The average Bonchev–Trinajstić information content (AvgIpc) is 3.37. The molecule has 1 amide bonds. The first-order valence-electron chi connectivity index (χ1n) is 7.87. The monoisotopic (exact) mass is 401 g/mol. The van der Waals surface area contributed by atoms with Gasteiger partial charge in [0.05, 0.1) is 5.57 Å². The van der Waals surface area contributed by atoms with E-state index in [1.165, 1.54) is 46.0 Å². The predicted molar refractivity (Wildman–Crippen MR) is 100 cm³/mol. The van der Waals surface area contributed by atoms with E-state index >= 15 is 0 Å². The van der Waals surface area contributed by atoms with Gasteiger partial charge in [-0.05, 0) is 43.3 Å². The number of aliphatic hydroxyl groups is 1. The van der Waals surface area contributed by atoms with Crippen molar-refractivity contribution in [1.29, 1.82) is 0 Å². The van der Waals surface area contributed by atoms with Crippen molar-refractivity contribution in [1.82, 2.24) is 10.2 Å². The third-order valence-corrected chi connectivity index (χ3v) is 5.89. The summed E-state index contributed by atoms with van der Waals surface area (Å²) >= 11 is 2.54. The lowest BCUT2D eigenvalue weighted by molar-refractivity contribution is -0.132. The van der Waals surface area contributed by atoms with E-state index in [1.807, 2.05) is 19.1 Å². The molecule has 1 aliphatic rings. The molecule has 0 spiro atoms. The van der Waals surface area contributed by atoms with E-state index in [4.69, 9.17) is 0 Å². The summed E-state index contributed by atoms with van der Waals surface area (Å²) in [6, 6.07) is 7.95. The zero-order chi connectivity index (χ0) is 19.1. The first-order valence-corrected chi connectivity index (χ1v) is 9.56. The van der Waals surface area contributed by atoms with Crippen molar-refractivity contribution >= 4 is 45.3 Å². The molecule has 1 atom stereocenters. The Labute approximate surface area is 161 Å². The minimum atomic E-state index is -0.818. The van der Waals surface area contributed by atoms with Crippen molar-refractivity contribution in [2.75, 3.05) is 4.90 Å². The highest BCUT2D eigenvalue weighted by Crippen LogP contribution is 2.44. The molecule has 3 aromatic rings. The topological polar surface area (TPSA) is 83.4 Å². The second-order valence-corrected chi connectivity index (χ2v) is 7.98. The number of aromatic nitrogens is 2. The molecule has 27 heavy (non-hydrogen) atoms. The summed E-state index contributed by atoms with van der Waals surface area (Å²) in [4.78, 5) is 28.4. The van der Waals surface area contributed by atoms with Crippen LogP contribution in [0.4, 0.5) is 9.52 Å². The van der Waals surface area contributed by atoms with Gasteiger partial charge in [0.15, 0.2) is 0 Å². The Morgan fingerprint density at radius 2 is 1.93 bits per heavy atom. The second-order valence-electron chi connectivity index (χ2n) is 5.85. The largest absolute Gasteiger partial charge is 0.507 e. The highest BCUT2D eigenvalue weighted by atomic mass is 32.1. The van der Waals surface area contributed by atoms with Crippen LogP contribution in [0.2, 0.25) is 0 Å². The van der Waals surface area contributed by atoms with Crippen molar-refractivity contribution in [3.05, 3.63) is 68.6 Å². The molecule has 0 bridgehead atoms. The molecule has 0 aliphatic carbocycles. The van der Waals surface area contributed by atoms with Crippen LogP contribution in [-0.4, -0.2) is 27.0 Å². The Kier molecular flexibility index (Phi) is 4.33. The van der Waals surface area contributed by atoms with Crippen LogP contribution in [0, 0.1) is 12.7 Å². The first kappa shape index (κ1) is 17.5. The van der Waals surface area contributed by atoms with Gasteiger partial charge >= 0.3 is 5.91 Å². The number of rotatable bonds is 3. The van der Waals surface area contributed by atoms with Crippen LogP contribution < -0.4 is 4.90 Å². The van der Waals surface area contributed by atoms with Gasteiger partial charge in [-0.25, -0.2) is 4.39 Å². The summed E-state index contributed by atoms with van der Waals surface area (Å²) in [5.74, 6) is -2.42. The lowest BCUT2D eigenvalue weighted by Crippen LogP contribution is -2.29. The van der Waals surface area contributed by atoms with Gasteiger partial charge in [0.2, 0.25) is 5.13 Å². The van der Waals surface area contributed by atoms with E-state index < -0.39 is 23.5 Å². The number of benzene rings is 1. The number of hydrogen-bond acceptors (Lipinski definition) is 7. The fourth-order valence-electron chi connectivity index (χ4n) is 2.93. The fourth-order valence-corrected chi connectivity index (χ4v) is 4.50. The number of carbonyl (C=O) groups is 2. The minimum absolute atomic E-state index is 0.0522. The molecule has 6 nitrogen and oxygen atoms in total. The Bertz CT molecular complexity index is 1060. The number of nitrogens with zero attached hydrogens (tertiary/aromatic N) is 3. The smallest absolute Gasteiger partial charge is 0.301 e. The summed E-state index contributed by atoms with van der Waals surface area (Å²) in [5, 5.41) is 18.7. The van der Waals surface area contributed by atoms with Crippen molar-refractivity contribution in [2.24, 2.45) is 0 Å². The molecule has 0 radical (unpaired) electrons.